The van der Waals surface area contributed by atoms with Gasteiger partial charge in [0.1, 0.15) is 11.8 Å². The molecule has 0 aromatic heterocycles. The second kappa shape index (κ2) is 6.47. The largest absolute Gasteiger partial charge is 0.482 e. The number of carbonyl (C=O) groups is 2. The smallest absolute Gasteiger partial charge is 0.422 e. The van der Waals surface area contributed by atoms with Gasteiger partial charge in [-0.2, -0.15) is 13.2 Å². The van der Waals surface area contributed by atoms with E-state index in [1.165, 1.54) is 12.1 Å². The molecule has 0 bridgehead atoms. The van der Waals surface area contributed by atoms with Gasteiger partial charge in [-0.1, -0.05) is 17.8 Å². The molecular formula is C13H13F3N2O3S. The molecule has 5 nitrogen and oxygen atoms in total. The minimum Gasteiger partial charge on any atom is -0.482 e. The van der Waals surface area contributed by atoms with Crippen LogP contribution in [0.3, 0.4) is 0 Å². The zero-order valence-electron chi connectivity index (χ0n) is 11.5. The van der Waals surface area contributed by atoms with E-state index in [4.69, 9.17) is 4.74 Å². The van der Waals surface area contributed by atoms with Crippen LogP contribution in [0.25, 0.3) is 0 Å². The molecule has 1 aromatic rings. The first-order valence-corrected chi connectivity index (χ1v) is 7.27. The second-order valence-electron chi connectivity index (χ2n) is 4.69. The summed E-state index contributed by atoms with van der Waals surface area (Å²) in [6, 6.07) is 3.79. The van der Waals surface area contributed by atoms with Crippen molar-refractivity contribution in [1.29, 1.82) is 0 Å². The lowest BCUT2D eigenvalue weighted by atomic mass is 10.2. The monoisotopic (exact) mass is 334 g/mol. The quantitative estimate of drug-likeness (QED) is 0.888. The zero-order valence-corrected chi connectivity index (χ0v) is 12.3. The Balaban J connectivity index is 2.09. The fourth-order valence-corrected chi connectivity index (χ4v) is 2.54. The number of ether oxygens (including phenoxy) is 1. The minimum absolute atomic E-state index is 0.0670. The molecule has 22 heavy (non-hydrogen) atoms. The summed E-state index contributed by atoms with van der Waals surface area (Å²) in [6.45, 7) is 0.245. The fraction of sp³-hybridized carbons (Fsp3) is 0.385. The third-order valence-electron chi connectivity index (χ3n) is 2.78. The number of nitrogens with one attached hydrogen (secondary N) is 2. The number of benzene rings is 1. The Bertz CT molecular complexity index is 592. The van der Waals surface area contributed by atoms with Crippen LogP contribution in [0.1, 0.15) is 5.56 Å². The van der Waals surface area contributed by atoms with E-state index in [2.05, 4.69) is 10.6 Å². The van der Waals surface area contributed by atoms with Crippen LogP contribution in [0.4, 0.5) is 23.7 Å². The van der Waals surface area contributed by atoms with Crippen molar-refractivity contribution < 1.29 is 27.5 Å². The molecule has 1 aromatic carbocycles. The molecule has 120 valence electrons. The number of alkyl halides is 3. The Morgan fingerprint density at radius 3 is 2.82 bits per heavy atom. The summed E-state index contributed by atoms with van der Waals surface area (Å²) in [6.07, 6.45) is -4.47. The molecular weight excluding hydrogens is 321 g/mol. The lowest BCUT2D eigenvalue weighted by Gasteiger charge is -2.16. The molecule has 1 heterocycles. The predicted octanol–water partition coefficient (Wildman–Crippen LogP) is 2.70. The number of thioether (sulfide) groups is 1. The first-order valence-electron chi connectivity index (χ1n) is 6.29. The van der Waals surface area contributed by atoms with Crippen molar-refractivity contribution in [3.63, 3.8) is 0 Å². The summed E-state index contributed by atoms with van der Waals surface area (Å²) in [5.74, 6) is -0.295. The molecule has 1 fully saturated rings. The van der Waals surface area contributed by atoms with Crippen molar-refractivity contribution in [3.8, 4) is 5.75 Å². The molecule has 9 heteroatoms. The van der Waals surface area contributed by atoms with Gasteiger partial charge in [-0.25, -0.2) is 0 Å². The highest BCUT2D eigenvalue weighted by molar-refractivity contribution is 8.14. The Labute approximate surface area is 128 Å². The molecule has 1 saturated heterocycles. The van der Waals surface area contributed by atoms with Gasteiger partial charge in [0.05, 0.1) is 5.69 Å². The molecule has 1 aliphatic rings. The van der Waals surface area contributed by atoms with Crippen LogP contribution in [0.15, 0.2) is 18.2 Å². The van der Waals surface area contributed by atoms with Gasteiger partial charge >= 0.3 is 6.18 Å². The van der Waals surface area contributed by atoms with Crippen LogP contribution in [0.5, 0.6) is 5.75 Å². The standard InChI is InChI=1S/C13H13F3N2O3S/c1-7-2-3-8(10(4-7)21-6-13(14,15)16)17-11(19)9-5-22-12(20)18-9/h2-4,9H,5-6H2,1H3,(H,17,19)(H,18,20)/t9-/m0/s1. The zero-order chi connectivity index (χ0) is 16.3. The Kier molecular flexibility index (Phi) is 4.84. The Hall–Kier alpha value is -1.90. The summed E-state index contributed by atoms with van der Waals surface area (Å²) in [7, 11) is 0. The molecule has 0 unspecified atom stereocenters. The van der Waals surface area contributed by atoms with Gasteiger partial charge in [-0.3, -0.25) is 9.59 Å². The molecule has 0 radical (unpaired) electrons. The van der Waals surface area contributed by atoms with Crippen molar-refractivity contribution in [2.24, 2.45) is 0 Å². The number of carbonyl (C=O) groups excluding carboxylic acids is 2. The third-order valence-corrected chi connectivity index (χ3v) is 3.66. The molecule has 0 spiro atoms. The molecule has 0 aliphatic carbocycles. The van der Waals surface area contributed by atoms with E-state index in [0.29, 0.717) is 5.56 Å². The average Bonchev–Trinajstić information content (AvgIpc) is 2.85. The molecule has 2 rings (SSSR count). The van der Waals surface area contributed by atoms with E-state index in [-0.39, 0.29) is 22.4 Å². The molecule has 1 atom stereocenters. The van der Waals surface area contributed by atoms with Gasteiger partial charge in [0.15, 0.2) is 6.61 Å². The van der Waals surface area contributed by atoms with Crippen LogP contribution >= 0.6 is 11.8 Å². The molecule has 2 N–H and O–H groups in total. The van der Waals surface area contributed by atoms with Gasteiger partial charge in [-0.05, 0) is 24.6 Å². The molecule has 0 saturated carbocycles. The van der Waals surface area contributed by atoms with Gasteiger partial charge in [0.25, 0.3) is 5.24 Å². The first kappa shape index (κ1) is 16.5. The summed E-state index contributed by atoms with van der Waals surface area (Å²) >= 11 is 0.974. The maximum Gasteiger partial charge on any atom is 0.422 e. The second-order valence-corrected chi connectivity index (χ2v) is 5.68. The topological polar surface area (TPSA) is 67.4 Å². The minimum atomic E-state index is -4.47. The highest BCUT2D eigenvalue weighted by atomic mass is 32.2. The number of halogens is 3. The van der Waals surface area contributed by atoms with Crippen molar-refractivity contribution in [2.75, 3.05) is 17.7 Å². The van der Waals surface area contributed by atoms with Gasteiger partial charge in [0, 0.05) is 5.75 Å². The first-order chi connectivity index (χ1) is 10.2. The van der Waals surface area contributed by atoms with Gasteiger partial charge in [0.2, 0.25) is 5.91 Å². The van der Waals surface area contributed by atoms with Gasteiger partial charge in [-0.15, -0.1) is 0 Å². The van der Waals surface area contributed by atoms with Gasteiger partial charge < -0.3 is 15.4 Å². The third kappa shape index (κ3) is 4.55. The SMILES string of the molecule is Cc1ccc(NC(=O)[C@@H]2CSC(=O)N2)c(OCC(F)(F)F)c1. The van der Waals surface area contributed by atoms with Crippen molar-refractivity contribution >= 4 is 28.6 Å². The van der Waals surface area contributed by atoms with E-state index in [0.717, 1.165) is 11.8 Å². The summed E-state index contributed by atoms with van der Waals surface area (Å²) in [5, 5.41) is 4.62. The predicted molar refractivity (Wildman–Crippen MR) is 76.1 cm³/mol. The number of anilines is 1. The summed E-state index contributed by atoms with van der Waals surface area (Å²) in [5.41, 5.74) is 0.825. The van der Waals surface area contributed by atoms with E-state index in [1.54, 1.807) is 13.0 Å². The van der Waals surface area contributed by atoms with Crippen LogP contribution < -0.4 is 15.4 Å². The number of amides is 2. The van der Waals surface area contributed by atoms with E-state index in [9.17, 15) is 22.8 Å². The summed E-state index contributed by atoms with van der Waals surface area (Å²) in [4.78, 5) is 23.0. The maximum atomic E-state index is 12.3. The lowest BCUT2D eigenvalue weighted by Crippen LogP contribution is -2.38. The Morgan fingerprint density at radius 2 is 2.23 bits per heavy atom. The lowest BCUT2D eigenvalue weighted by molar-refractivity contribution is -0.153. The number of hydrogen-bond donors (Lipinski definition) is 2. The number of rotatable bonds is 4. The van der Waals surface area contributed by atoms with Crippen LogP contribution in [0, 0.1) is 6.92 Å². The normalized spacial score (nSPS) is 18.0. The van der Waals surface area contributed by atoms with E-state index >= 15 is 0 Å². The van der Waals surface area contributed by atoms with Crippen LogP contribution in [-0.2, 0) is 4.79 Å². The van der Waals surface area contributed by atoms with E-state index < -0.39 is 24.7 Å². The van der Waals surface area contributed by atoms with Crippen molar-refractivity contribution in [3.05, 3.63) is 23.8 Å². The number of hydrogen-bond acceptors (Lipinski definition) is 4. The van der Waals surface area contributed by atoms with E-state index in [1.807, 2.05) is 0 Å². The summed E-state index contributed by atoms with van der Waals surface area (Å²) < 4.78 is 41.5. The van der Waals surface area contributed by atoms with Crippen molar-refractivity contribution in [1.82, 2.24) is 5.32 Å². The molecule has 2 amide bonds. The highest BCUT2D eigenvalue weighted by Gasteiger charge is 2.30. The maximum absolute atomic E-state index is 12.3. The highest BCUT2D eigenvalue weighted by Crippen LogP contribution is 2.28. The van der Waals surface area contributed by atoms with Crippen LogP contribution in [-0.4, -0.2) is 35.7 Å². The Morgan fingerprint density at radius 1 is 1.50 bits per heavy atom. The molecule has 1 aliphatic heterocycles. The van der Waals surface area contributed by atoms with Crippen molar-refractivity contribution in [2.45, 2.75) is 19.1 Å². The fourth-order valence-electron chi connectivity index (χ4n) is 1.76. The van der Waals surface area contributed by atoms with Crippen LogP contribution in [0.2, 0.25) is 0 Å². The number of aryl methyl sites for hydroxylation is 1. The average molecular weight is 334 g/mol.